The average Bonchev–Trinajstić information content (AvgIpc) is 3.07. The van der Waals surface area contributed by atoms with Crippen LogP contribution in [0.4, 0.5) is 4.39 Å². The van der Waals surface area contributed by atoms with Gasteiger partial charge < -0.3 is 20.6 Å². The van der Waals surface area contributed by atoms with E-state index in [1.807, 2.05) is 0 Å². The summed E-state index contributed by atoms with van der Waals surface area (Å²) in [6, 6.07) is 4.39. The van der Waals surface area contributed by atoms with Gasteiger partial charge in [0, 0.05) is 27.2 Å². The third-order valence-corrected chi connectivity index (χ3v) is 6.82. The molecule has 0 atom stereocenters. The summed E-state index contributed by atoms with van der Waals surface area (Å²) in [4.78, 5) is 56.5. The van der Waals surface area contributed by atoms with Crippen LogP contribution in [0, 0.1) is 18.7 Å². The van der Waals surface area contributed by atoms with Gasteiger partial charge in [0.1, 0.15) is 11.6 Å². The fraction of sp³-hybridized carbons (Fsp3) is 0.458. The van der Waals surface area contributed by atoms with Gasteiger partial charge >= 0.3 is 11.8 Å². The molecular formula is C24H28FN5O5. The zero-order valence-corrected chi connectivity index (χ0v) is 19.9. The molecule has 2 aromatic rings. The summed E-state index contributed by atoms with van der Waals surface area (Å²) in [5.41, 5.74) is -1.30. The van der Waals surface area contributed by atoms with Gasteiger partial charge in [0.25, 0.3) is 11.5 Å². The van der Waals surface area contributed by atoms with E-state index in [9.17, 15) is 28.7 Å². The molecule has 3 aliphatic rings. The van der Waals surface area contributed by atoms with Crippen molar-refractivity contribution in [2.24, 2.45) is 5.92 Å². The molecule has 11 heteroatoms. The molecule has 2 aliphatic heterocycles. The van der Waals surface area contributed by atoms with E-state index < -0.39 is 40.3 Å². The highest BCUT2D eigenvalue weighted by Crippen LogP contribution is 2.42. The summed E-state index contributed by atoms with van der Waals surface area (Å²) in [6.07, 6.45) is 2.26. The number of fused-ring (bicyclic) bond motifs is 2. The quantitative estimate of drug-likeness (QED) is 0.552. The van der Waals surface area contributed by atoms with Gasteiger partial charge in [0.2, 0.25) is 5.75 Å². The van der Waals surface area contributed by atoms with Crippen LogP contribution in [-0.2, 0) is 28.2 Å². The van der Waals surface area contributed by atoms with Gasteiger partial charge in [-0.1, -0.05) is 12.1 Å². The standard InChI is InChI=1S/C24H28FN5O5/c1-13-10-15(4-5-16(13)25)11-26-19(32)17-18(31)21(34)30-12-14-6-8-24(9-7-14,23(30)27-17)28-20(33)22(35)29(2)3/h4-5,10,14,31H,6-9,11-12H2,1-3H3,(H,26,32)(H,28,33). The second-order valence-corrected chi connectivity index (χ2v) is 9.49. The van der Waals surface area contributed by atoms with E-state index in [2.05, 4.69) is 15.6 Å². The van der Waals surface area contributed by atoms with Gasteiger partial charge in [-0.25, -0.2) is 9.37 Å². The number of amides is 3. The third-order valence-electron chi connectivity index (χ3n) is 6.82. The first-order valence-electron chi connectivity index (χ1n) is 11.4. The molecule has 3 heterocycles. The maximum atomic E-state index is 13.5. The van der Waals surface area contributed by atoms with Crippen molar-refractivity contribution in [3.8, 4) is 5.75 Å². The summed E-state index contributed by atoms with van der Waals surface area (Å²) in [5, 5.41) is 15.9. The number of hydrogen-bond acceptors (Lipinski definition) is 6. The zero-order chi connectivity index (χ0) is 25.5. The minimum atomic E-state index is -1.12. The lowest BCUT2D eigenvalue weighted by Gasteiger charge is -2.37. The smallest absolute Gasteiger partial charge is 0.311 e. The second kappa shape index (κ2) is 9.12. The normalized spacial score (nSPS) is 20.5. The van der Waals surface area contributed by atoms with E-state index in [1.54, 1.807) is 13.0 Å². The highest BCUT2D eigenvalue weighted by atomic mass is 19.1. The summed E-state index contributed by atoms with van der Waals surface area (Å²) in [5.74, 6) is -3.21. The fourth-order valence-corrected chi connectivity index (χ4v) is 4.81. The van der Waals surface area contributed by atoms with Crippen molar-refractivity contribution in [3.05, 3.63) is 57.0 Å². The van der Waals surface area contributed by atoms with Crippen LogP contribution in [0.1, 0.15) is 53.1 Å². The number of aromatic nitrogens is 2. The van der Waals surface area contributed by atoms with Gasteiger partial charge in [-0.15, -0.1) is 0 Å². The van der Waals surface area contributed by atoms with Gasteiger partial charge in [-0.3, -0.25) is 23.7 Å². The number of aromatic hydroxyl groups is 1. The first-order valence-corrected chi connectivity index (χ1v) is 11.4. The first-order chi connectivity index (χ1) is 16.5. The largest absolute Gasteiger partial charge is 0.501 e. The zero-order valence-electron chi connectivity index (χ0n) is 19.9. The Kier molecular flexibility index (Phi) is 6.35. The van der Waals surface area contributed by atoms with E-state index in [-0.39, 0.29) is 24.1 Å². The van der Waals surface area contributed by atoms with Crippen LogP contribution in [0.5, 0.6) is 5.75 Å². The van der Waals surface area contributed by atoms with Gasteiger partial charge in [0.15, 0.2) is 5.69 Å². The fourth-order valence-electron chi connectivity index (χ4n) is 4.81. The highest BCUT2D eigenvalue weighted by Gasteiger charge is 2.46. The molecular weight excluding hydrogens is 457 g/mol. The molecule has 35 heavy (non-hydrogen) atoms. The monoisotopic (exact) mass is 485 g/mol. The molecule has 1 fully saturated rings. The molecule has 0 unspecified atom stereocenters. The number of nitrogens with zero attached hydrogens (tertiary/aromatic N) is 3. The molecule has 186 valence electrons. The Morgan fingerprint density at radius 3 is 2.57 bits per heavy atom. The number of hydrogen-bond donors (Lipinski definition) is 3. The minimum absolute atomic E-state index is 0.0286. The highest BCUT2D eigenvalue weighted by molar-refractivity contribution is 6.35. The lowest BCUT2D eigenvalue weighted by molar-refractivity contribution is -0.145. The van der Waals surface area contributed by atoms with Crippen LogP contribution >= 0.6 is 0 Å². The predicted octanol–water partition coefficient (Wildman–Crippen LogP) is 0.930. The predicted molar refractivity (Wildman–Crippen MR) is 123 cm³/mol. The molecule has 2 bridgehead atoms. The Balaban J connectivity index is 1.69. The van der Waals surface area contributed by atoms with Crippen molar-refractivity contribution < 1.29 is 23.9 Å². The summed E-state index contributed by atoms with van der Waals surface area (Å²) in [7, 11) is 2.92. The van der Waals surface area contributed by atoms with Crippen molar-refractivity contribution in [3.63, 3.8) is 0 Å². The minimum Gasteiger partial charge on any atom is -0.501 e. The van der Waals surface area contributed by atoms with E-state index in [1.165, 1.54) is 30.8 Å². The number of likely N-dealkylation sites (N-methyl/N-ethyl adjacent to an activating group) is 1. The van der Waals surface area contributed by atoms with E-state index in [0.717, 1.165) is 4.90 Å². The molecule has 1 saturated carbocycles. The van der Waals surface area contributed by atoms with Crippen LogP contribution in [0.3, 0.4) is 0 Å². The number of carbonyl (C=O) groups excluding carboxylic acids is 3. The molecule has 1 aromatic heterocycles. The van der Waals surface area contributed by atoms with Crippen molar-refractivity contribution >= 4 is 17.7 Å². The number of halogens is 1. The van der Waals surface area contributed by atoms with Crippen molar-refractivity contribution in [2.75, 3.05) is 14.1 Å². The van der Waals surface area contributed by atoms with Gasteiger partial charge in [-0.05, 0) is 55.7 Å². The van der Waals surface area contributed by atoms with Crippen molar-refractivity contribution in [1.82, 2.24) is 25.1 Å². The topological polar surface area (TPSA) is 134 Å². The number of aryl methyl sites for hydroxylation is 1. The van der Waals surface area contributed by atoms with E-state index in [0.29, 0.717) is 43.4 Å². The summed E-state index contributed by atoms with van der Waals surface area (Å²) >= 11 is 0. The molecule has 0 spiro atoms. The SMILES string of the molecule is Cc1cc(CNC(=O)c2nc3n(c(=O)c2O)CC2CCC3(NC(=O)C(=O)N(C)C)CC2)ccc1F. The molecule has 10 nitrogen and oxygen atoms in total. The Labute approximate surface area is 201 Å². The maximum absolute atomic E-state index is 13.5. The van der Waals surface area contributed by atoms with Gasteiger partial charge in [-0.2, -0.15) is 0 Å². The van der Waals surface area contributed by atoms with Crippen molar-refractivity contribution in [1.29, 1.82) is 0 Å². The lowest BCUT2D eigenvalue weighted by Crippen LogP contribution is -2.53. The molecule has 3 N–H and O–H groups in total. The summed E-state index contributed by atoms with van der Waals surface area (Å²) < 4.78 is 14.8. The van der Waals surface area contributed by atoms with E-state index in [4.69, 9.17) is 0 Å². The van der Waals surface area contributed by atoms with Crippen LogP contribution < -0.4 is 16.2 Å². The Morgan fingerprint density at radius 2 is 1.94 bits per heavy atom. The van der Waals surface area contributed by atoms with Crippen LogP contribution in [0.15, 0.2) is 23.0 Å². The molecule has 1 aromatic carbocycles. The van der Waals surface area contributed by atoms with Crippen LogP contribution in [-0.4, -0.2) is 51.4 Å². The van der Waals surface area contributed by atoms with Gasteiger partial charge in [0.05, 0.1) is 5.54 Å². The average molecular weight is 486 g/mol. The number of carbonyl (C=O) groups is 3. The Hall–Kier alpha value is -3.76. The van der Waals surface area contributed by atoms with E-state index >= 15 is 0 Å². The molecule has 0 radical (unpaired) electrons. The molecule has 1 aliphatic carbocycles. The maximum Gasteiger partial charge on any atom is 0.311 e. The molecule has 3 amide bonds. The number of rotatable bonds is 4. The molecule has 0 saturated heterocycles. The summed E-state index contributed by atoms with van der Waals surface area (Å²) in [6.45, 7) is 1.93. The van der Waals surface area contributed by atoms with Crippen LogP contribution in [0.2, 0.25) is 0 Å². The molecule has 5 rings (SSSR count). The number of benzene rings is 1. The first kappa shape index (κ1) is 24.4. The Morgan fingerprint density at radius 1 is 1.26 bits per heavy atom. The van der Waals surface area contributed by atoms with Crippen molar-refractivity contribution in [2.45, 2.75) is 51.2 Å². The number of nitrogens with one attached hydrogen (secondary N) is 2. The lowest BCUT2D eigenvalue weighted by atomic mass is 9.77. The Bertz CT molecular complexity index is 1260. The second-order valence-electron chi connectivity index (χ2n) is 9.49. The van der Waals surface area contributed by atoms with Crippen LogP contribution in [0.25, 0.3) is 0 Å². The third kappa shape index (κ3) is 4.50.